The molecule has 1 atom stereocenters. The second kappa shape index (κ2) is 8.26. The number of hydrogen-bond acceptors (Lipinski definition) is 6. The van der Waals surface area contributed by atoms with Gasteiger partial charge in [-0.1, -0.05) is 0 Å². The van der Waals surface area contributed by atoms with E-state index in [0.717, 1.165) is 23.6 Å². The Hall–Kier alpha value is -1.49. The number of amides is 1. The molecule has 1 aromatic rings. The second-order valence-corrected chi connectivity index (χ2v) is 8.14. The molecule has 0 saturated carbocycles. The number of ether oxygens (including phenoxy) is 1. The van der Waals surface area contributed by atoms with E-state index in [4.69, 9.17) is 4.74 Å². The van der Waals surface area contributed by atoms with Gasteiger partial charge in [0.1, 0.15) is 0 Å². The van der Waals surface area contributed by atoms with Gasteiger partial charge in [-0.15, -0.1) is 0 Å². The molecule has 0 aliphatic carbocycles. The Morgan fingerprint density at radius 2 is 2.12 bits per heavy atom. The number of sulfonamides is 1. The summed E-state index contributed by atoms with van der Waals surface area (Å²) < 4.78 is 32.0. The van der Waals surface area contributed by atoms with Crippen LogP contribution in [-0.4, -0.2) is 73.6 Å². The fourth-order valence-electron chi connectivity index (χ4n) is 2.83. The van der Waals surface area contributed by atoms with Crippen molar-refractivity contribution >= 4 is 21.6 Å². The highest BCUT2D eigenvalue weighted by atomic mass is 32.2. The van der Waals surface area contributed by atoms with E-state index < -0.39 is 10.0 Å². The van der Waals surface area contributed by atoms with Crippen molar-refractivity contribution in [3.8, 4) is 0 Å². The fraction of sp³-hybridized carbons (Fsp3) is 0.733. The van der Waals surface area contributed by atoms with Crippen LogP contribution in [0.3, 0.4) is 0 Å². The molecule has 1 saturated heterocycles. The zero-order valence-electron chi connectivity index (χ0n) is 15.2. The van der Waals surface area contributed by atoms with E-state index >= 15 is 0 Å². The van der Waals surface area contributed by atoms with Gasteiger partial charge < -0.3 is 15.4 Å². The highest BCUT2D eigenvalue weighted by Gasteiger charge is 2.26. The van der Waals surface area contributed by atoms with Crippen molar-refractivity contribution in [1.82, 2.24) is 19.4 Å². The van der Waals surface area contributed by atoms with Gasteiger partial charge in [-0.05, 0) is 20.8 Å². The predicted octanol–water partition coefficient (Wildman–Crippen LogP) is -0.292. The molecule has 0 aromatic carbocycles. The van der Waals surface area contributed by atoms with Gasteiger partial charge in [-0.3, -0.25) is 9.48 Å². The molecule has 10 heteroatoms. The molecule has 0 spiro atoms. The highest BCUT2D eigenvalue weighted by Crippen LogP contribution is 2.18. The number of aromatic nitrogens is 2. The molecule has 2 N–H and O–H groups in total. The van der Waals surface area contributed by atoms with Gasteiger partial charge in [0.2, 0.25) is 15.9 Å². The minimum atomic E-state index is -3.21. The van der Waals surface area contributed by atoms with Gasteiger partial charge in [0, 0.05) is 26.2 Å². The monoisotopic (exact) mass is 373 g/mol. The van der Waals surface area contributed by atoms with E-state index in [1.807, 2.05) is 25.5 Å². The summed E-state index contributed by atoms with van der Waals surface area (Å²) in [5.41, 5.74) is 2.45. The Kier molecular flexibility index (Phi) is 6.55. The number of nitrogens with zero attached hydrogens (tertiary/aromatic N) is 3. The molecule has 1 amide bonds. The lowest BCUT2D eigenvalue weighted by atomic mass is 10.3. The Morgan fingerprint density at radius 1 is 1.40 bits per heavy atom. The van der Waals surface area contributed by atoms with Crippen molar-refractivity contribution < 1.29 is 17.9 Å². The summed E-state index contributed by atoms with van der Waals surface area (Å²) in [5.74, 6) is -0.169. The maximum absolute atomic E-state index is 12.1. The maximum atomic E-state index is 12.1. The van der Waals surface area contributed by atoms with Crippen LogP contribution >= 0.6 is 0 Å². The number of carbonyl (C=O) groups is 1. The van der Waals surface area contributed by atoms with Gasteiger partial charge >= 0.3 is 0 Å². The molecule has 1 aliphatic rings. The molecular weight excluding hydrogens is 346 g/mol. The summed E-state index contributed by atoms with van der Waals surface area (Å²) in [5, 5.41) is 10.3. The molecule has 142 valence electrons. The number of nitrogens with one attached hydrogen (secondary N) is 2. The third-order valence-electron chi connectivity index (χ3n) is 4.17. The number of anilines is 1. The zero-order chi connectivity index (χ0) is 18.6. The Morgan fingerprint density at radius 3 is 2.72 bits per heavy atom. The van der Waals surface area contributed by atoms with Crippen molar-refractivity contribution in [3.05, 3.63) is 11.4 Å². The standard InChI is InChI=1S/C15H27N5O4S/c1-5-20-12(3)15(11(2)18-20)17-14(21)9-16-8-13-10-19(6-7-24-13)25(4,22)23/h13,16H,5-10H2,1-4H3,(H,17,21)/t13-/m1/s1. The lowest BCUT2D eigenvalue weighted by Gasteiger charge is -2.31. The number of aryl methyl sites for hydroxylation is 2. The van der Waals surface area contributed by atoms with E-state index in [0.29, 0.717) is 26.2 Å². The van der Waals surface area contributed by atoms with Gasteiger partial charge in [0.05, 0.1) is 42.6 Å². The summed E-state index contributed by atoms with van der Waals surface area (Å²) in [6.07, 6.45) is 0.930. The first kappa shape index (κ1) is 19.8. The third kappa shape index (κ3) is 5.24. The van der Waals surface area contributed by atoms with Crippen molar-refractivity contribution in [2.45, 2.75) is 33.4 Å². The number of carbonyl (C=O) groups excluding carboxylic acids is 1. The quantitative estimate of drug-likeness (QED) is 0.680. The molecule has 2 heterocycles. The molecule has 25 heavy (non-hydrogen) atoms. The summed E-state index contributed by atoms with van der Waals surface area (Å²) in [4.78, 5) is 12.1. The van der Waals surface area contributed by atoms with Crippen LogP contribution in [0.1, 0.15) is 18.3 Å². The van der Waals surface area contributed by atoms with Crippen molar-refractivity contribution in [3.63, 3.8) is 0 Å². The van der Waals surface area contributed by atoms with Gasteiger partial charge in [-0.2, -0.15) is 9.40 Å². The van der Waals surface area contributed by atoms with Crippen molar-refractivity contribution in [2.75, 3.05) is 44.4 Å². The van der Waals surface area contributed by atoms with E-state index in [-0.39, 0.29) is 18.6 Å². The Bertz CT molecular complexity index is 716. The first-order valence-electron chi connectivity index (χ1n) is 8.33. The highest BCUT2D eigenvalue weighted by molar-refractivity contribution is 7.88. The number of rotatable bonds is 7. The molecular formula is C15H27N5O4S. The van der Waals surface area contributed by atoms with Crippen LogP contribution < -0.4 is 10.6 Å². The van der Waals surface area contributed by atoms with Gasteiger partial charge in [-0.25, -0.2) is 8.42 Å². The van der Waals surface area contributed by atoms with Gasteiger partial charge in [0.25, 0.3) is 0 Å². The average Bonchev–Trinajstić information content (AvgIpc) is 2.82. The summed E-state index contributed by atoms with van der Waals surface area (Å²) >= 11 is 0. The van der Waals surface area contributed by atoms with E-state index in [9.17, 15) is 13.2 Å². The molecule has 0 unspecified atom stereocenters. The van der Waals surface area contributed by atoms with Crippen LogP contribution in [0, 0.1) is 13.8 Å². The first-order valence-corrected chi connectivity index (χ1v) is 10.2. The molecule has 0 radical (unpaired) electrons. The lowest BCUT2D eigenvalue weighted by molar-refractivity contribution is -0.115. The second-order valence-electron chi connectivity index (χ2n) is 6.15. The smallest absolute Gasteiger partial charge is 0.238 e. The van der Waals surface area contributed by atoms with E-state index in [1.165, 1.54) is 10.6 Å². The van der Waals surface area contributed by atoms with Crippen LogP contribution in [0.5, 0.6) is 0 Å². The molecule has 1 fully saturated rings. The largest absolute Gasteiger partial charge is 0.374 e. The number of hydrogen-bond donors (Lipinski definition) is 2. The minimum Gasteiger partial charge on any atom is -0.374 e. The topological polar surface area (TPSA) is 106 Å². The fourth-order valence-corrected chi connectivity index (χ4v) is 3.68. The van der Waals surface area contributed by atoms with E-state index in [1.54, 1.807) is 0 Å². The molecule has 2 rings (SSSR count). The predicted molar refractivity (Wildman–Crippen MR) is 95.0 cm³/mol. The Labute approximate surface area is 148 Å². The van der Waals surface area contributed by atoms with Crippen molar-refractivity contribution in [2.24, 2.45) is 0 Å². The summed E-state index contributed by atoms with van der Waals surface area (Å²) in [7, 11) is -3.21. The van der Waals surface area contributed by atoms with Crippen molar-refractivity contribution in [1.29, 1.82) is 0 Å². The van der Waals surface area contributed by atoms with Crippen LogP contribution in [0.2, 0.25) is 0 Å². The Balaban J connectivity index is 1.80. The SMILES string of the molecule is CCn1nc(C)c(NC(=O)CNC[C@@H]2CN(S(C)(=O)=O)CCO2)c1C. The van der Waals surface area contributed by atoms with Gasteiger partial charge in [0.15, 0.2) is 0 Å². The normalized spacial score (nSPS) is 19.1. The average molecular weight is 373 g/mol. The summed E-state index contributed by atoms with van der Waals surface area (Å²) in [6, 6.07) is 0. The minimum absolute atomic E-state index is 0.120. The number of morpholine rings is 1. The zero-order valence-corrected chi connectivity index (χ0v) is 16.0. The van der Waals surface area contributed by atoms with Crippen LogP contribution in [0.15, 0.2) is 0 Å². The first-order chi connectivity index (χ1) is 11.7. The molecule has 1 aromatic heterocycles. The summed E-state index contributed by atoms with van der Waals surface area (Å²) in [6.45, 7) is 8.08. The van der Waals surface area contributed by atoms with Crippen LogP contribution in [-0.2, 0) is 26.1 Å². The van der Waals surface area contributed by atoms with Crippen LogP contribution in [0.4, 0.5) is 5.69 Å². The molecule has 1 aliphatic heterocycles. The third-order valence-corrected chi connectivity index (χ3v) is 5.44. The lowest BCUT2D eigenvalue weighted by Crippen LogP contribution is -2.49. The van der Waals surface area contributed by atoms with E-state index in [2.05, 4.69) is 15.7 Å². The van der Waals surface area contributed by atoms with Crippen LogP contribution in [0.25, 0.3) is 0 Å². The molecule has 9 nitrogen and oxygen atoms in total. The molecule has 0 bridgehead atoms. The maximum Gasteiger partial charge on any atom is 0.238 e.